The topological polar surface area (TPSA) is 62.7 Å². The van der Waals surface area contributed by atoms with E-state index in [0.29, 0.717) is 5.56 Å². The van der Waals surface area contributed by atoms with Gasteiger partial charge < -0.3 is 5.73 Å². The maximum atomic E-state index is 9.50. The summed E-state index contributed by atoms with van der Waals surface area (Å²) in [5.74, 6) is 0.267. The van der Waals surface area contributed by atoms with Gasteiger partial charge in [0.05, 0.1) is 5.69 Å². The molecule has 0 aliphatic heterocycles. The number of aryl methyl sites for hydroxylation is 2. The number of benzene rings is 2. The summed E-state index contributed by atoms with van der Waals surface area (Å²) in [6.45, 7) is 4.10. The lowest BCUT2D eigenvalue weighted by Gasteiger charge is -2.12. The molecule has 3 aromatic rings. The minimum atomic E-state index is 0.267. The Bertz CT molecular complexity index is 906. The molecule has 3 rings (SSSR count). The highest BCUT2D eigenvalue weighted by molar-refractivity contribution is 5.81. The van der Waals surface area contributed by atoms with Crippen molar-refractivity contribution in [3.8, 4) is 28.5 Å². The van der Waals surface area contributed by atoms with Crippen LogP contribution < -0.4 is 5.73 Å². The first kappa shape index (κ1) is 14.8. The van der Waals surface area contributed by atoms with Crippen LogP contribution in [0.1, 0.15) is 16.7 Å². The fourth-order valence-corrected chi connectivity index (χ4v) is 2.77. The van der Waals surface area contributed by atoms with Gasteiger partial charge in [-0.3, -0.25) is 0 Å². The van der Waals surface area contributed by atoms with E-state index in [1.54, 1.807) is 0 Å². The molecule has 112 valence electrons. The summed E-state index contributed by atoms with van der Waals surface area (Å²) >= 11 is 0. The summed E-state index contributed by atoms with van der Waals surface area (Å²) in [4.78, 5) is 4.40. The van der Waals surface area contributed by atoms with E-state index in [1.165, 1.54) is 5.56 Å². The summed E-state index contributed by atoms with van der Waals surface area (Å²) in [6, 6.07) is 20.2. The van der Waals surface area contributed by atoms with Gasteiger partial charge in [0.2, 0.25) is 0 Å². The van der Waals surface area contributed by atoms with Gasteiger partial charge >= 0.3 is 0 Å². The fourth-order valence-electron chi connectivity index (χ4n) is 2.77. The average Bonchev–Trinajstić information content (AvgIpc) is 2.55. The molecule has 23 heavy (non-hydrogen) atoms. The molecule has 2 N–H and O–H groups in total. The Balaban J connectivity index is 2.27. The Morgan fingerprint density at radius 1 is 0.957 bits per heavy atom. The Labute approximate surface area is 136 Å². The highest BCUT2D eigenvalue weighted by atomic mass is 14.8. The van der Waals surface area contributed by atoms with Crippen LogP contribution in [0.5, 0.6) is 0 Å². The number of hydrogen-bond donors (Lipinski definition) is 1. The van der Waals surface area contributed by atoms with E-state index >= 15 is 0 Å². The number of hydrogen-bond acceptors (Lipinski definition) is 3. The normalized spacial score (nSPS) is 10.3. The van der Waals surface area contributed by atoms with Crippen molar-refractivity contribution in [3.63, 3.8) is 0 Å². The Kier molecular flexibility index (Phi) is 3.82. The van der Waals surface area contributed by atoms with E-state index in [-0.39, 0.29) is 5.82 Å². The van der Waals surface area contributed by atoms with Crippen molar-refractivity contribution >= 4 is 5.82 Å². The summed E-state index contributed by atoms with van der Waals surface area (Å²) in [7, 11) is 0. The second kappa shape index (κ2) is 5.94. The van der Waals surface area contributed by atoms with Crippen LogP contribution in [0.3, 0.4) is 0 Å². The second-order valence-electron chi connectivity index (χ2n) is 5.61. The van der Waals surface area contributed by atoms with E-state index in [2.05, 4.69) is 24.0 Å². The van der Waals surface area contributed by atoms with Crippen LogP contribution in [0.2, 0.25) is 0 Å². The van der Waals surface area contributed by atoms with Crippen molar-refractivity contribution in [1.82, 2.24) is 4.98 Å². The van der Waals surface area contributed by atoms with Crippen molar-refractivity contribution in [2.24, 2.45) is 0 Å². The number of pyridine rings is 1. The highest BCUT2D eigenvalue weighted by Crippen LogP contribution is 2.33. The summed E-state index contributed by atoms with van der Waals surface area (Å²) in [5, 5.41) is 9.50. The zero-order chi connectivity index (χ0) is 16.4. The molecule has 0 aliphatic rings. The SMILES string of the molecule is Cc1ccc(-c2cc(-c3ccccc3)nc(N)c2C#N)c(C)c1. The number of nitrogens with zero attached hydrogens (tertiary/aromatic N) is 2. The number of nitrogens with two attached hydrogens (primary N) is 1. The standard InChI is InChI=1S/C20H17N3/c1-13-8-9-16(14(2)10-13)17-11-19(15-6-4-3-5-7-15)23-20(22)18(17)12-21/h3-11H,1-2H3,(H2,22,23). The van der Waals surface area contributed by atoms with Gasteiger partial charge in [-0.15, -0.1) is 0 Å². The quantitative estimate of drug-likeness (QED) is 0.758. The third kappa shape index (κ3) is 2.79. The molecule has 0 radical (unpaired) electrons. The number of rotatable bonds is 2. The number of aromatic nitrogens is 1. The van der Waals surface area contributed by atoms with Gasteiger partial charge in [0, 0.05) is 11.1 Å². The summed E-state index contributed by atoms with van der Waals surface area (Å²) in [6.07, 6.45) is 0. The van der Waals surface area contributed by atoms with Crippen molar-refractivity contribution < 1.29 is 0 Å². The van der Waals surface area contributed by atoms with Crippen molar-refractivity contribution in [2.75, 3.05) is 5.73 Å². The number of nitriles is 1. The zero-order valence-corrected chi connectivity index (χ0v) is 13.2. The molecule has 0 spiro atoms. The Morgan fingerprint density at radius 3 is 2.35 bits per heavy atom. The van der Waals surface area contributed by atoms with E-state index < -0.39 is 0 Å². The molecule has 0 fully saturated rings. The monoisotopic (exact) mass is 299 g/mol. The molecule has 3 nitrogen and oxygen atoms in total. The molecule has 1 heterocycles. The summed E-state index contributed by atoms with van der Waals surface area (Å²) < 4.78 is 0. The first-order chi connectivity index (χ1) is 11.1. The molecule has 0 saturated heterocycles. The molecule has 3 heteroatoms. The lowest BCUT2D eigenvalue weighted by Crippen LogP contribution is -2.00. The smallest absolute Gasteiger partial charge is 0.142 e. The van der Waals surface area contributed by atoms with Crippen LogP contribution in [0.15, 0.2) is 54.6 Å². The minimum absolute atomic E-state index is 0.267. The van der Waals surface area contributed by atoms with Crippen molar-refractivity contribution in [1.29, 1.82) is 5.26 Å². The van der Waals surface area contributed by atoms with Gasteiger partial charge in [0.1, 0.15) is 17.5 Å². The Morgan fingerprint density at radius 2 is 1.70 bits per heavy atom. The van der Waals surface area contributed by atoms with Crippen molar-refractivity contribution in [3.05, 3.63) is 71.3 Å². The van der Waals surface area contributed by atoms with Gasteiger partial charge in [-0.2, -0.15) is 5.26 Å². The molecule has 0 atom stereocenters. The second-order valence-corrected chi connectivity index (χ2v) is 5.61. The van der Waals surface area contributed by atoms with Crippen molar-refractivity contribution in [2.45, 2.75) is 13.8 Å². The van der Waals surface area contributed by atoms with E-state index in [1.807, 2.05) is 55.5 Å². The molecule has 0 unspecified atom stereocenters. The fraction of sp³-hybridized carbons (Fsp3) is 0.100. The van der Waals surface area contributed by atoms with Crippen LogP contribution in [0, 0.1) is 25.2 Å². The Hall–Kier alpha value is -3.12. The van der Waals surface area contributed by atoms with Gasteiger partial charge in [0.15, 0.2) is 0 Å². The molecule has 0 bridgehead atoms. The van der Waals surface area contributed by atoms with E-state index in [0.717, 1.165) is 27.9 Å². The number of nitrogen functional groups attached to an aromatic ring is 1. The molecule has 0 amide bonds. The summed E-state index contributed by atoms with van der Waals surface area (Å²) in [5.41, 5.74) is 12.4. The molecular weight excluding hydrogens is 282 g/mol. The zero-order valence-electron chi connectivity index (χ0n) is 13.2. The predicted octanol–water partition coefficient (Wildman–Crippen LogP) is 4.49. The highest BCUT2D eigenvalue weighted by Gasteiger charge is 2.14. The molecule has 0 aliphatic carbocycles. The molecule has 2 aromatic carbocycles. The molecular formula is C20H17N3. The molecule has 1 aromatic heterocycles. The van der Waals surface area contributed by atoms with Gasteiger partial charge in [-0.05, 0) is 31.0 Å². The van der Waals surface area contributed by atoms with Crippen LogP contribution in [0.25, 0.3) is 22.4 Å². The molecule has 0 saturated carbocycles. The maximum Gasteiger partial charge on any atom is 0.142 e. The first-order valence-corrected chi connectivity index (χ1v) is 7.44. The van der Waals surface area contributed by atoms with Crippen LogP contribution in [0.4, 0.5) is 5.82 Å². The van der Waals surface area contributed by atoms with E-state index in [9.17, 15) is 5.26 Å². The van der Waals surface area contributed by atoms with Gasteiger partial charge in [-0.25, -0.2) is 4.98 Å². The van der Waals surface area contributed by atoms with Gasteiger partial charge in [-0.1, -0.05) is 54.1 Å². The minimum Gasteiger partial charge on any atom is -0.383 e. The first-order valence-electron chi connectivity index (χ1n) is 7.44. The van der Waals surface area contributed by atoms with E-state index in [4.69, 9.17) is 5.73 Å². The van der Waals surface area contributed by atoms with Gasteiger partial charge in [0.25, 0.3) is 0 Å². The average molecular weight is 299 g/mol. The third-order valence-corrected chi connectivity index (χ3v) is 3.90. The van der Waals surface area contributed by atoms with Crippen LogP contribution >= 0.6 is 0 Å². The van der Waals surface area contributed by atoms with Crippen LogP contribution in [-0.2, 0) is 0 Å². The predicted molar refractivity (Wildman–Crippen MR) is 93.7 cm³/mol. The maximum absolute atomic E-state index is 9.50. The largest absolute Gasteiger partial charge is 0.383 e. The lowest BCUT2D eigenvalue weighted by atomic mass is 9.94. The number of anilines is 1. The third-order valence-electron chi connectivity index (χ3n) is 3.90. The lowest BCUT2D eigenvalue weighted by molar-refractivity contribution is 1.30. The van der Waals surface area contributed by atoms with Crippen LogP contribution in [-0.4, -0.2) is 4.98 Å².